The van der Waals surface area contributed by atoms with Crippen molar-refractivity contribution in [3.8, 4) is 0 Å². The maximum absolute atomic E-state index is 11.4. The Labute approximate surface area is 128 Å². The van der Waals surface area contributed by atoms with Crippen molar-refractivity contribution < 1.29 is 4.92 Å². The smallest absolute Gasteiger partial charge is 0.258 e. The molecule has 0 fully saturated rings. The number of nitro groups is 1. The van der Waals surface area contributed by atoms with E-state index in [-0.39, 0.29) is 10.6 Å². The number of rotatable bonds is 5. The van der Waals surface area contributed by atoms with E-state index < -0.39 is 0 Å². The quantitative estimate of drug-likeness (QED) is 0.512. The normalized spacial score (nSPS) is 11.7. The van der Waals surface area contributed by atoms with Crippen LogP contribution in [0.5, 0.6) is 0 Å². The van der Waals surface area contributed by atoms with Crippen molar-refractivity contribution in [2.24, 2.45) is 0 Å². The van der Waals surface area contributed by atoms with E-state index in [1.165, 1.54) is 0 Å². The summed E-state index contributed by atoms with van der Waals surface area (Å²) in [5.41, 5.74) is 3.90. The van der Waals surface area contributed by atoms with Crippen LogP contribution in [0, 0.1) is 17.0 Å². The standard InChI is InChI=1S/C16H20BrNO2/c1-5-8-10-13-11(4)12(7-3)14(9-6-2)15(17)16(13)18(19)20/h6,8-10H,5,7H2,1-4H3/b9-6-,10-8-. The Kier molecular flexibility index (Phi) is 6.14. The fraction of sp³-hybridized carbons (Fsp3) is 0.375. The highest BCUT2D eigenvalue weighted by Gasteiger charge is 2.24. The van der Waals surface area contributed by atoms with E-state index >= 15 is 0 Å². The van der Waals surface area contributed by atoms with Gasteiger partial charge in [-0.15, -0.1) is 0 Å². The minimum absolute atomic E-state index is 0.150. The highest BCUT2D eigenvalue weighted by molar-refractivity contribution is 9.10. The van der Waals surface area contributed by atoms with E-state index in [1.807, 2.05) is 45.1 Å². The molecule has 0 aliphatic rings. The predicted octanol–water partition coefficient (Wildman–Crippen LogP) is 5.68. The molecular weight excluding hydrogens is 318 g/mol. The number of nitrogens with zero attached hydrogens (tertiary/aromatic N) is 1. The molecule has 0 radical (unpaired) electrons. The second kappa shape index (κ2) is 7.39. The number of allylic oxidation sites excluding steroid dienone is 2. The molecule has 0 saturated heterocycles. The Morgan fingerprint density at radius 3 is 2.35 bits per heavy atom. The van der Waals surface area contributed by atoms with Gasteiger partial charge in [0.1, 0.15) is 4.47 Å². The Balaban J connectivity index is 3.80. The molecule has 0 atom stereocenters. The van der Waals surface area contributed by atoms with Crippen molar-refractivity contribution >= 4 is 33.8 Å². The molecule has 4 heteroatoms. The monoisotopic (exact) mass is 337 g/mol. The summed E-state index contributed by atoms with van der Waals surface area (Å²) < 4.78 is 0.568. The largest absolute Gasteiger partial charge is 0.291 e. The van der Waals surface area contributed by atoms with Crippen LogP contribution in [0.15, 0.2) is 16.6 Å². The zero-order chi connectivity index (χ0) is 15.3. The van der Waals surface area contributed by atoms with Gasteiger partial charge in [-0.1, -0.05) is 38.2 Å². The molecule has 0 saturated carbocycles. The molecule has 0 heterocycles. The average Bonchev–Trinajstić information content (AvgIpc) is 2.40. The Morgan fingerprint density at radius 1 is 1.25 bits per heavy atom. The highest BCUT2D eigenvalue weighted by atomic mass is 79.9. The van der Waals surface area contributed by atoms with Gasteiger partial charge in [0.25, 0.3) is 5.69 Å². The summed E-state index contributed by atoms with van der Waals surface area (Å²) in [7, 11) is 0. The third-order valence-electron chi connectivity index (χ3n) is 3.27. The van der Waals surface area contributed by atoms with Gasteiger partial charge in [-0.2, -0.15) is 0 Å². The molecule has 0 spiro atoms. The first-order valence-electron chi connectivity index (χ1n) is 6.78. The lowest BCUT2D eigenvalue weighted by molar-refractivity contribution is -0.385. The van der Waals surface area contributed by atoms with E-state index in [1.54, 1.807) is 0 Å². The minimum atomic E-state index is -0.307. The molecule has 0 aliphatic carbocycles. The summed E-state index contributed by atoms with van der Waals surface area (Å²) in [6.45, 7) is 7.96. The van der Waals surface area contributed by atoms with Gasteiger partial charge in [-0.25, -0.2) is 0 Å². The lowest BCUT2D eigenvalue weighted by atomic mass is 9.93. The zero-order valence-electron chi connectivity index (χ0n) is 12.4. The van der Waals surface area contributed by atoms with Crippen molar-refractivity contribution in [2.45, 2.75) is 40.5 Å². The van der Waals surface area contributed by atoms with Crippen LogP contribution in [-0.2, 0) is 6.42 Å². The van der Waals surface area contributed by atoms with Gasteiger partial charge in [0, 0.05) is 0 Å². The first-order chi connectivity index (χ1) is 9.49. The topological polar surface area (TPSA) is 43.1 Å². The molecule has 0 amide bonds. The molecule has 0 aromatic heterocycles. The summed E-state index contributed by atoms with van der Waals surface area (Å²) in [5.74, 6) is 0. The number of benzene rings is 1. The molecule has 1 aromatic carbocycles. The molecule has 20 heavy (non-hydrogen) atoms. The SMILES string of the molecule is C/C=C\c1c(Br)c([N+](=O)[O-])c(/C=C\CC)c(C)c1CC. The zero-order valence-corrected chi connectivity index (χ0v) is 14.0. The van der Waals surface area contributed by atoms with Gasteiger partial charge in [0.2, 0.25) is 0 Å². The van der Waals surface area contributed by atoms with Crippen LogP contribution in [0.1, 0.15) is 49.4 Å². The lowest BCUT2D eigenvalue weighted by Gasteiger charge is -2.14. The lowest BCUT2D eigenvalue weighted by Crippen LogP contribution is -2.03. The molecule has 0 unspecified atom stereocenters. The third-order valence-corrected chi connectivity index (χ3v) is 4.07. The predicted molar refractivity (Wildman–Crippen MR) is 88.9 cm³/mol. The minimum Gasteiger partial charge on any atom is -0.258 e. The fourth-order valence-electron chi connectivity index (χ4n) is 2.33. The second-order valence-corrected chi connectivity index (χ2v) is 5.31. The van der Waals surface area contributed by atoms with Gasteiger partial charge in [-0.05, 0) is 59.3 Å². The van der Waals surface area contributed by atoms with Crippen LogP contribution in [0.2, 0.25) is 0 Å². The van der Waals surface area contributed by atoms with Crippen LogP contribution in [-0.4, -0.2) is 4.92 Å². The summed E-state index contributed by atoms with van der Waals surface area (Å²) in [6.07, 6.45) is 9.34. The number of hydrogen-bond donors (Lipinski definition) is 0. The highest BCUT2D eigenvalue weighted by Crippen LogP contribution is 2.39. The first-order valence-corrected chi connectivity index (χ1v) is 7.57. The van der Waals surface area contributed by atoms with Crippen LogP contribution < -0.4 is 0 Å². The van der Waals surface area contributed by atoms with Gasteiger partial charge >= 0.3 is 0 Å². The molecule has 0 N–H and O–H groups in total. The van der Waals surface area contributed by atoms with Crippen LogP contribution >= 0.6 is 15.9 Å². The van der Waals surface area contributed by atoms with Crippen molar-refractivity contribution in [3.05, 3.63) is 49.0 Å². The van der Waals surface area contributed by atoms with E-state index in [9.17, 15) is 10.1 Å². The van der Waals surface area contributed by atoms with Gasteiger partial charge < -0.3 is 0 Å². The van der Waals surface area contributed by atoms with Crippen LogP contribution in [0.3, 0.4) is 0 Å². The number of halogens is 1. The molecular formula is C16H20BrNO2. The summed E-state index contributed by atoms with van der Waals surface area (Å²) in [5, 5.41) is 11.4. The van der Waals surface area contributed by atoms with Crippen molar-refractivity contribution in [2.75, 3.05) is 0 Å². The van der Waals surface area contributed by atoms with Crippen molar-refractivity contribution in [1.82, 2.24) is 0 Å². The first kappa shape index (κ1) is 16.6. The van der Waals surface area contributed by atoms with Gasteiger partial charge in [0.15, 0.2) is 0 Å². The molecule has 3 nitrogen and oxygen atoms in total. The van der Waals surface area contributed by atoms with Crippen molar-refractivity contribution in [3.63, 3.8) is 0 Å². The summed E-state index contributed by atoms with van der Waals surface area (Å²) in [6, 6.07) is 0. The second-order valence-electron chi connectivity index (χ2n) is 4.51. The van der Waals surface area contributed by atoms with E-state index in [0.29, 0.717) is 10.0 Å². The average molecular weight is 338 g/mol. The van der Waals surface area contributed by atoms with Gasteiger partial charge in [-0.3, -0.25) is 10.1 Å². The maximum atomic E-state index is 11.4. The summed E-state index contributed by atoms with van der Waals surface area (Å²) in [4.78, 5) is 11.1. The van der Waals surface area contributed by atoms with E-state index in [0.717, 1.165) is 29.5 Å². The summed E-state index contributed by atoms with van der Waals surface area (Å²) >= 11 is 3.42. The van der Waals surface area contributed by atoms with E-state index in [2.05, 4.69) is 22.9 Å². The molecule has 1 rings (SSSR count). The van der Waals surface area contributed by atoms with Crippen molar-refractivity contribution in [1.29, 1.82) is 0 Å². The van der Waals surface area contributed by atoms with Crippen LogP contribution in [0.4, 0.5) is 5.69 Å². The fourth-order valence-corrected chi connectivity index (χ4v) is 3.06. The van der Waals surface area contributed by atoms with Gasteiger partial charge in [0.05, 0.1) is 10.5 Å². The maximum Gasteiger partial charge on any atom is 0.291 e. The molecule has 0 bridgehead atoms. The Hall–Kier alpha value is -1.42. The third kappa shape index (κ3) is 3.18. The molecule has 108 valence electrons. The molecule has 1 aromatic rings. The molecule has 0 aliphatic heterocycles. The van der Waals surface area contributed by atoms with E-state index in [4.69, 9.17) is 0 Å². The Morgan fingerprint density at radius 2 is 1.90 bits per heavy atom. The van der Waals surface area contributed by atoms with Crippen LogP contribution in [0.25, 0.3) is 12.2 Å². The number of nitro benzene ring substituents is 1. The number of hydrogen-bond acceptors (Lipinski definition) is 2. The Bertz CT molecular complexity index is 575.